The zero-order valence-electron chi connectivity index (χ0n) is 18.0. The predicted octanol–water partition coefficient (Wildman–Crippen LogP) is 5.75. The zero-order valence-corrected chi connectivity index (χ0v) is 18.0. The van der Waals surface area contributed by atoms with Crippen LogP contribution in [0.25, 0.3) is 5.70 Å². The number of benzene rings is 2. The molecule has 3 aliphatic rings. The molecule has 152 valence electrons. The van der Waals surface area contributed by atoms with Gasteiger partial charge in [-0.25, -0.2) is 0 Å². The number of carbonyl (C=O) groups excluding carboxylic acids is 2. The number of nitrogens with one attached hydrogen (secondary N) is 1. The number of hydrogen-bond donors (Lipinski definition) is 1. The normalized spacial score (nSPS) is 22.1. The van der Waals surface area contributed by atoms with E-state index in [0.717, 1.165) is 45.7 Å². The molecule has 2 aromatic carbocycles. The van der Waals surface area contributed by atoms with E-state index in [4.69, 9.17) is 0 Å². The fraction of sp³-hybridized carbons (Fsp3) is 0.333. The van der Waals surface area contributed by atoms with Crippen molar-refractivity contribution in [1.82, 2.24) is 5.32 Å². The summed E-state index contributed by atoms with van der Waals surface area (Å²) >= 11 is 0. The molecule has 5 rings (SSSR count). The summed E-state index contributed by atoms with van der Waals surface area (Å²) in [4.78, 5) is 26.8. The number of rotatable bonds is 2. The van der Waals surface area contributed by atoms with E-state index in [1.54, 1.807) is 0 Å². The summed E-state index contributed by atoms with van der Waals surface area (Å²) in [6, 6.07) is 16.2. The van der Waals surface area contributed by atoms with Crippen molar-refractivity contribution in [2.45, 2.75) is 52.4 Å². The molecule has 2 aromatic rings. The number of Topliss-reactive ketones (excluding diaryl/α,β-unsaturated/α-hetero) is 2. The van der Waals surface area contributed by atoms with Crippen LogP contribution in [-0.4, -0.2) is 11.6 Å². The SMILES string of the molecule is CC(C)c1ccc([C@H]2C3=C(CC(C)(C)CC3=O)NC3=C2C(=O)c2ccccc23)cc1. The van der Waals surface area contributed by atoms with Gasteiger partial charge < -0.3 is 5.32 Å². The first-order chi connectivity index (χ1) is 14.3. The van der Waals surface area contributed by atoms with E-state index in [2.05, 4.69) is 57.3 Å². The van der Waals surface area contributed by atoms with Crippen molar-refractivity contribution in [1.29, 1.82) is 0 Å². The molecular formula is C27H27NO2. The van der Waals surface area contributed by atoms with Crippen molar-refractivity contribution in [2.75, 3.05) is 0 Å². The van der Waals surface area contributed by atoms with Crippen LogP contribution in [0.2, 0.25) is 0 Å². The first-order valence-electron chi connectivity index (χ1n) is 10.8. The average molecular weight is 398 g/mol. The molecule has 0 spiro atoms. The molecule has 0 radical (unpaired) electrons. The fourth-order valence-corrected chi connectivity index (χ4v) is 5.20. The second-order valence-corrected chi connectivity index (χ2v) is 9.88. The van der Waals surface area contributed by atoms with Gasteiger partial charge in [0.2, 0.25) is 0 Å². The molecule has 1 atom stereocenters. The van der Waals surface area contributed by atoms with Crippen molar-refractivity contribution in [3.63, 3.8) is 0 Å². The number of hydrogen-bond acceptors (Lipinski definition) is 3. The van der Waals surface area contributed by atoms with E-state index in [-0.39, 0.29) is 22.9 Å². The third kappa shape index (κ3) is 2.79. The highest BCUT2D eigenvalue weighted by atomic mass is 16.1. The van der Waals surface area contributed by atoms with E-state index >= 15 is 0 Å². The molecular weight excluding hydrogens is 370 g/mol. The lowest BCUT2D eigenvalue weighted by atomic mass is 9.68. The standard InChI is InChI=1S/C27H27NO2/c1-15(2)16-9-11-17(12-10-16)22-23-20(13-27(3,4)14-21(23)29)28-25-18-7-5-6-8-19(18)26(30)24(22)25/h5-12,15,22,28H,13-14H2,1-4H3/t22-/m0/s1. The Kier molecular flexibility index (Phi) is 4.15. The van der Waals surface area contributed by atoms with Gasteiger partial charge >= 0.3 is 0 Å². The number of ketones is 2. The van der Waals surface area contributed by atoms with Gasteiger partial charge in [0, 0.05) is 40.3 Å². The van der Waals surface area contributed by atoms with Gasteiger partial charge in [-0.05, 0) is 28.9 Å². The lowest BCUT2D eigenvalue weighted by molar-refractivity contribution is -0.118. The van der Waals surface area contributed by atoms with Crippen molar-refractivity contribution in [3.05, 3.63) is 87.6 Å². The van der Waals surface area contributed by atoms with Crippen LogP contribution in [0.15, 0.2) is 65.4 Å². The van der Waals surface area contributed by atoms with Crippen LogP contribution in [0.5, 0.6) is 0 Å². The zero-order chi connectivity index (χ0) is 21.2. The summed E-state index contributed by atoms with van der Waals surface area (Å²) in [6.45, 7) is 8.62. The first-order valence-corrected chi connectivity index (χ1v) is 10.8. The lowest BCUT2D eigenvalue weighted by Gasteiger charge is -2.39. The topological polar surface area (TPSA) is 46.2 Å². The first kappa shape index (κ1) is 19.0. The Bertz CT molecular complexity index is 1150. The van der Waals surface area contributed by atoms with Gasteiger partial charge in [0.05, 0.1) is 5.70 Å². The van der Waals surface area contributed by atoms with Gasteiger partial charge in [0.25, 0.3) is 0 Å². The van der Waals surface area contributed by atoms with Crippen molar-refractivity contribution >= 4 is 17.3 Å². The summed E-state index contributed by atoms with van der Waals surface area (Å²) in [5, 5.41) is 3.54. The summed E-state index contributed by atoms with van der Waals surface area (Å²) < 4.78 is 0. The van der Waals surface area contributed by atoms with Gasteiger partial charge in [-0.15, -0.1) is 0 Å². The maximum Gasteiger partial charge on any atom is 0.192 e. The largest absolute Gasteiger partial charge is 0.358 e. The molecule has 0 saturated heterocycles. The number of dihydropyridines is 1. The number of allylic oxidation sites excluding steroid dienone is 3. The Balaban J connectivity index is 1.71. The third-order valence-corrected chi connectivity index (χ3v) is 6.66. The summed E-state index contributed by atoms with van der Waals surface area (Å²) in [6.07, 6.45) is 1.32. The number of fused-ring (bicyclic) bond motifs is 2. The smallest absolute Gasteiger partial charge is 0.192 e. The highest BCUT2D eigenvalue weighted by Crippen LogP contribution is 2.51. The molecule has 1 N–H and O–H groups in total. The quantitative estimate of drug-likeness (QED) is 0.702. The van der Waals surface area contributed by atoms with E-state index in [1.165, 1.54) is 5.56 Å². The van der Waals surface area contributed by atoms with Gasteiger partial charge in [-0.2, -0.15) is 0 Å². The molecule has 0 aromatic heterocycles. The maximum absolute atomic E-state index is 13.5. The van der Waals surface area contributed by atoms with Gasteiger partial charge in [-0.1, -0.05) is 76.2 Å². The summed E-state index contributed by atoms with van der Waals surface area (Å²) in [7, 11) is 0. The minimum absolute atomic E-state index is 0.0372. The van der Waals surface area contributed by atoms with Gasteiger partial charge in [0.1, 0.15) is 0 Å². The average Bonchev–Trinajstić information content (AvgIpc) is 2.98. The van der Waals surface area contributed by atoms with E-state index < -0.39 is 0 Å². The van der Waals surface area contributed by atoms with Crippen molar-refractivity contribution in [3.8, 4) is 0 Å². The Morgan fingerprint density at radius 3 is 2.23 bits per heavy atom. The number of carbonyl (C=O) groups is 2. The van der Waals surface area contributed by atoms with Crippen LogP contribution < -0.4 is 5.32 Å². The Labute approximate surface area is 177 Å². The van der Waals surface area contributed by atoms with Gasteiger partial charge in [0.15, 0.2) is 11.6 Å². The lowest BCUT2D eigenvalue weighted by Crippen LogP contribution is -2.37. The van der Waals surface area contributed by atoms with Crippen LogP contribution >= 0.6 is 0 Å². The Morgan fingerprint density at radius 2 is 1.57 bits per heavy atom. The maximum atomic E-state index is 13.5. The van der Waals surface area contributed by atoms with E-state index in [1.807, 2.05) is 24.3 Å². The highest BCUT2D eigenvalue weighted by Gasteiger charge is 2.46. The molecule has 0 bridgehead atoms. The molecule has 2 aliphatic carbocycles. The Hall–Kier alpha value is -2.94. The van der Waals surface area contributed by atoms with Gasteiger partial charge in [-0.3, -0.25) is 9.59 Å². The molecule has 3 heteroatoms. The molecule has 0 saturated carbocycles. The molecule has 0 amide bonds. The Morgan fingerprint density at radius 1 is 0.900 bits per heavy atom. The van der Waals surface area contributed by atoms with Crippen LogP contribution in [0.4, 0.5) is 0 Å². The molecule has 0 unspecified atom stereocenters. The molecule has 1 aliphatic heterocycles. The predicted molar refractivity (Wildman–Crippen MR) is 119 cm³/mol. The van der Waals surface area contributed by atoms with E-state index in [0.29, 0.717) is 12.3 Å². The second-order valence-electron chi connectivity index (χ2n) is 9.88. The highest BCUT2D eigenvalue weighted by molar-refractivity contribution is 6.23. The molecule has 1 heterocycles. The fourth-order valence-electron chi connectivity index (χ4n) is 5.20. The monoisotopic (exact) mass is 397 g/mol. The third-order valence-electron chi connectivity index (χ3n) is 6.66. The minimum atomic E-state index is -0.305. The molecule has 0 fully saturated rings. The van der Waals surface area contributed by atoms with E-state index in [9.17, 15) is 9.59 Å². The summed E-state index contributed by atoms with van der Waals surface area (Å²) in [5.74, 6) is 0.323. The summed E-state index contributed by atoms with van der Waals surface area (Å²) in [5.41, 5.74) is 7.24. The van der Waals surface area contributed by atoms with Crippen LogP contribution in [0, 0.1) is 5.41 Å². The van der Waals surface area contributed by atoms with Crippen molar-refractivity contribution in [2.24, 2.45) is 5.41 Å². The van der Waals surface area contributed by atoms with Crippen LogP contribution in [0.3, 0.4) is 0 Å². The second kappa shape index (κ2) is 6.53. The van der Waals surface area contributed by atoms with Crippen LogP contribution in [0.1, 0.15) is 79.4 Å². The molecule has 3 nitrogen and oxygen atoms in total. The molecule has 30 heavy (non-hydrogen) atoms. The van der Waals surface area contributed by atoms with Crippen LogP contribution in [-0.2, 0) is 4.79 Å². The minimum Gasteiger partial charge on any atom is -0.358 e. The van der Waals surface area contributed by atoms with Crippen molar-refractivity contribution < 1.29 is 9.59 Å².